The zero-order valence-electron chi connectivity index (χ0n) is 15.0. The molecule has 0 saturated heterocycles. The van der Waals surface area contributed by atoms with Crippen LogP contribution in [0.2, 0.25) is 0 Å². The number of hydrogen-bond acceptors (Lipinski definition) is 3. The normalized spacial score (nSPS) is 11.0. The first-order chi connectivity index (χ1) is 12.1. The third kappa shape index (κ3) is 3.71. The lowest BCUT2D eigenvalue weighted by Crippen LogP contribution is -2.27. The Morgan fingerprint density at radius 2 is 2.08 bits per heavy atom. The van der Waals surface area contributed by atoms with Crippen molar-refractivity contribution < 1.29 is 4.79 Å². The van der Waals surface area contributed by atoms with Crippen molar-refractivity contribution in [1.82, 2.24) is 19.9 Å². The van der Waals surface area contributed by atoms with Gasteiger partial charge >= 0.3 is 0 Å². The molecule has 0 fully saturated rings. The molecule has 2 heterocycles. The number of fused-ring (bicyclic) bond motifs is 1. The van der Waals surface area contributed by atoms with E-state index < -0.39 is 0 Å². The predicted octanol–water partition coefficient (Wildman–Crippen LogP) is 3.43. The number of nitrogens with one attached hydrogen (secondary N) is 1. The summed E-state index contributed by atoms with van der Waals surface area (Å²) in [5.74, 6) is 0.939. The van der Waals surface area contributed by atoms with Gasteiger partial charge in [0.2, 0.25) is 0 Å². The number of rotatable bonds is 6. The smallest absolute Gasteiger partial charge is 0.251 e. The van der Waals surface area contributed by atoms with Crippen LogP contribution in [0.25, 0.3) is 11.2 Å². The van der Waals surface area contributed by atoms with Crippen molar-refractivity contribution in [2.24, 2.45) is 0 Å². The SMILES string of the molecule is CCCn1c(CCNC(=O)c2cc(C)ccc2C)nc2cccnc21. The van der Waals surface area contributed by atoms with Gasteiger partial charge in [-0.3, -0.25) is 4.79 Å². The predicted molar refractivity (Wildman–Crippen MR) is 99.8 cm³/mol. The number of aryl methyl sites for hydroxylation is 3. The molecule has 0 aliphatic heterocycles. The van der Waals surface area contributed by atoms with E-state index in [9.17, 15) is 4.79 Å². The molecule has 1 amide bonds. The van der Waals surface area contributed by atoms with Gasteiger partial charge < -0.3 is 9.88 Å². The minimum Gasteiger partial charge on any atom is -0.352 e. The number of nitrogens with zero attached hydrogens (tertiary/aromatic N) is 3. The second-order valence-corrected chi connectivity index (χ2v) is 6.35. The van der Waals surface area contributed by atoms with Crippen LogP contribution in [0.4, 0.5) is 0 Å². The fraction of sp³-hybridized carbons (Fsp3) is 0.350. The largest absolute Gasteiger partial charge is 0.352 e. The maximum absolute atomic E-state index is 12.4. The minimum absolute atomic E-state index is 0.0301. The number of carbonyl (C=O) groups excluding carboxylic acids is 1. The van der Waals surface area contributed by atoms with Crippen molar-refractivity contribution in [2.45, 2.75) is 40.2 Å². The standard InChI is InChI=1S/C20H24N4O/c1-4-12-24-18(23-17-6-5-10-21-19(17)24)9-11-22-20(25)16-13-14(2)7-8-15(16)3/h5-8,10,13H,4,9,11-12H2,1-3H3,(H,22,25). The van der Waals surface area contributed by atoms with Crippen molar-refractivity contribution in [2.75, 3.05) is 6.54 Å². The maximum Gasteiger partial charge on any atom is 0.251 e. The number of amides is 1. The van der Waals surface area contributed by atoms with Gasteiger partial charge in [-0.15, -0.1) is 0 Å². The fourth-order valence-electron chi connectivity index (χ4n) is 3.02. The van der Waals surface area contributed by atoms with Crippen molar-refractivity contribution in [3.63, 3.8) is 0 Å². The molecule has 3 aromatic rings. The van der Waals surface area contributed by atoms with Crippen LogP contribution in [0.5, 0.6) is 0 Å². The fourth-order valence-corrected chi connectivity index (χ4v) is 3.02. The van der Waals surface area contributed by atoms with E-state index in [0.29, 0.717) is 13.0 Å². The summed E-state index contributed by atoms with van der Waals surface area (Å²) in [6, 6.07) is 9.81. The Hall–Kier alpha value is -2.69. The highest BCUT2D eigenvalue weighted by Crippen LogP contribution is 2.15. The van der Waals surface area contributed by atoms with E-state index in [1.165, 1.54) is 0 Å². The van der Waals surface area contributed by atoms with Crippen LogP contribution < -0.4 is 5.32 Å². The molecule has 25 heavy (non-hydrogen) atoms. The lowest BCUT2D eigenvalue weighted by atomic mass is 10.1. The summed E-state index contributed by atoms with van der Waals surface area (Å²) in [6.07, 6.45) is 3.50. The lowest BCUT2D eigenvalue weighted by molar-refractivity contribution is 0.0953. The number of benzene rings is 1. The molecule has 0 atom stereocenters. The Kier molecular flexibility index (Phi) is 5.12. The van der Waals surface area contributed by atoms with Crippen LogP contribution in [0, 0.1) is 13.8 Å². The zero-order chi connectivity index (χ0) is 17.8. The number of aromatic nitrogens is 3. The van der Waals surface area contributed by atoms with Crippen molar-refractivity contribution in [1.29, 1.82) is 0 Å². The maximum atomic E-state index is 12.4. The second-order valence-electron chi connectivity index (χ2n) is 6.35. The van der Waals surface area contributed by atoms with Crippen molar-refractivity contribution >= 4 is 17.1 Å². The van der Waals surface area contributed by atoms with E-state index in [1.54, 1.807) is 6.20 Å². The summed E-state index contributed by atoms with van der Waals surface area (Å²) in [7, 11) is 0. The number of carbonyl (C=O) groups is 1. The third-order valence-electron chi connectivity index (χ3n) is 4.30. The highest BCUT2D eigenvalue weighted by molar-refractivity contribution is 5.95. The van der Waals surface area contributed by atoms with Crippen LogP contribution in [0.3, 0.4) is 0 Å². The highest BCUT2D eigenvalue weighted by Gasteiger charge is 2.12. The summed E-state index contributed by atoms with van der Waals surface area (Å²) in [5.41, 5.74) is 4.65. The van der Waals surface area contributed by atoms with Gasteiger partial charge in [0.05, 0.1) is 0 Å². The van der Waals surface area contributed by atoms with Gasteiger partial charge in [0.15, 0.2) is 5.65 Å². The van der Waals surface area contributed by atoms with Crippen LogP contribution in [-0.4, -0.2) is 27.0 Å². The molecule has 0 unspecified atom stereocenters. The molecular weight excluding hydrogens is 312 g/mol. The average molecular weight is 336 g/mol. The molecule has 0 aliphatic rings. The molecule has 130 valence electrons. The summed E-state index contributed by atoms with van der Waals surface area (Å²) in [4.78, 5) is 21.6. The number of pyridine rings is 1. The monoisotopic (exact) mass is 336 g/mol. The minimum atomic E-state index is -0.0301. The highest BCUT2D eigenvalue weighted by atomic mass is 16.1. The third-order valence-corrected chi connectivity index (χ3v) is 4.30. The molecule has 5 heteroatoms. The van der Waals surface area contributed by atoms with Gasteiger partial charge in [-0.05, 0) is 44.0 Å². The van der Waals surface area contributed by atoms with E-state index >= 15 is 0 Å². The Labute approximate surface area is 148 Å². The quantitative estimate of drug-likeness (QED) is 0.750. The summed E-state index contributed by atoms with van der Waals surface area (Å²) in [5, 5.41) is 3.02. The molecule has 1 aromatic carbocycles. The molecule has 0 spiro atoms. The molecule has 0 saturated carbocycles. The average Bonchev–Trinajstić information content (AvgIpc) is 2.95. The summed E-state index contributed by atoms with van der Waals surface area (Å²) in [6.45, 7) is 7.53. The zero-order valence-corrected chi connectivity index (χ0v) is 15.0. The number of imidazole rings is 1. The summed E-state index contributed by atoms with van der Waals surface area (Å²) >= 11 is 0. The van der Waals surface area contributed by atoms with Crippen LogP contribution in [0.15, 0.2) is 36.5 Å². The van der Waals surface area contributed by atoms with Crippen molar-refractivity contribution in [3.05, 3.63) is 59.0 Å². The first kappa shape index (κ1) is 17.1. The molecule has 0 aliphatic carbocycles. The van der Waals surface area contributed by atoms with E-state index in [0.717, 1.165) is 46.6 Å². The molecule has 1 N–H and O–H groups in total. The summed E-state index contributed by atoms with van der Waals surface area (Å²) < 4.78 is 2.15. The van der Waals surface area contributed by atoms with Gasteiger partial charge in [-0.2, -0.15) is 0 Å². The van der Waals surface area contributed by atoms with Crippen LogP contribution in [-0.2, 0) is 13.0 Å². The molecule has 2 aromatic heterocycles. The molecular formula is C20H24N4O. The Morgan fingerprint density at radius 3 is 2.88 bits per heavy atom. The molecule has 5 nitrogen and oxygen atoms in total. The molecule has 0 radical (unpaired) electrons. The van der Waals surface area contributed by atoms with Crippen molar-refractivity contribution in [3.8, 4) is 0 Å². The van der Waals surface area contributed by atoms with Gasteiger partial charge in [-0.25, -0.2) is 9.97 Å². The first-order valence-electron chi connectivity index (χ1n) is 8.75. The van der Waals surface area contributed by atoms with Gasteiger partial charge in [-0.1, -0.05) is 24.6 Å². The van der Waals surface area contributed by atoms with Crippen LogP contribution in [0.1, 0.15) is 40.7 Å². The topological polar surface area (TPSA) is 59.8 Å². The lowest BCUT2D eigenvalue weighted by Gasteiger charge is -2.10. The van der Waals surface area contributed by atoms with E-state index in [2.05, 4.69) is 26.8 Å². The van der Waals surface area contributed by atoms with Gasteiger partial charge in [0.1, 0.15) is 11.3 Å². The van der Waals surface area contributed by atoms with Gasteiger partial charge in [0.25, 0.3) is 5.91 Å². The second kappa shape index (κ2) is 7.47. The Morgan fingerprint density at radius 1 is 1.24 bits per heavy atom. The van der Waals surface area contributed by atoms with E-state index in [4.69, 9.17) is 0 Å². The number of hydrogen-bond donors (Lipinski definition) is 1. The molecule has 3 rings (SSSR count). The van der Waals surface area contributed by atoms with E-state index in [-0.39, 0.29) is 5.91 Å². The van der Waals surface area contributed by atoms with Crippen LogP contribution >= 0.6 is 0 Å². The first-order valence-corrected chi connectivity index (χ1v) is 8.75. The Balaban J connectivity index is 1.71. The van der Waals surface area contributed by atoms with E-state index in [1.807, 2.05) is 44.2 Å². The van der Waals surface area contributed by atoms with Gasteiger partial charge in [0, 0.05) is 31.3 Å². The Bertz CT molecular complexity index is 898. The molecule has 0 bridgehead atoms.